The summed E-state index contributed by atoms with van der Waals surface area (Å²) in [6.45, 7) is 1.93. The number of benzene rings is 1. The van der Waals surface area contributed by atoms with Gasteiger partial charge in [0.2, 0.25) is 5.91 Å². The van der Waals surface area contributed by atoms with E-state index in [9.17, 15) is 14.7 Å². The number of carbonyl (C=O) groups excluding carboxylic acids is 1. The third-order valence-corrected chi connectivity index (χ3v) is 3.55. The first kappa shape index (κ1) is 14.5. The van der Waals surface area contributed by atoms with Crippen molar-refractivity contribution in [2.24, 2.45) is 5.73 Å². The number of amides is 1. The number of aryl methyl sites for hydroxylation is 1. The van der Waals surface area contributed by atoms with Crippen LogP contribution in [0.3, 0.4) is 0 Å². The number of aliphatic hydroxyl groups excluding tert-OH is 1. The normalized spacial score (nSPS) is 23.6. The Kier molecular flexibility index (Phi) is 4.06. The third-order valence-electron chi connectivity index (χ3n) is 3.55. The molecule has 3 atom stereocenters. The monoisotopic (exact) mass is 278 g/mol. The fourth-order valence-electron chi connectivity index (χ4n) is 2.39. The molecule has 0 spiro atoms. The molecule has 6 nitrogen and oxygen atoms in total. The fraction of sp³-hybridized carbons (Fsp3) is 0.429. The molecule has 2 rings (SSSR count). The molecule has 0 radical (unpaired) electrons. The molecule has 0 aromatic heterocycles. The van der Waals surface area contributed by atoms with E-state index < -0.39 is 30.1 Å². The highest BCUT2D eigenvalue weighted by Crippen LogP contribution is 2.23. The minimum absolute atomic E-state index is 0.00929. The molecule has 1 fully saturated rings. The van der Waals surface area contributed by atoms with Gasteiger partial charge in [0.25, 0.3) is 0 Å². The predicted octanol–water partition coefficient (Wildman–Crippen LogP) is 0.0412. The van der Waals surface area contributed by atoms with E-state index in [2.05, 4.69) is 0 Å². The maximum Gasteiger partial charge on any atom is 0.326 e. The molecule has 1 heterocycles. The number of hydrogen-bond donors (Lipinski definition) is 3. The summed E-state index contributed by atoms with van der Waals surface area (Å²) < 4.78 is 0. The second-order valence-corrected chi connectivity index (χ2v) is 5.12. The molecule has 4 N–H and O–H groups in total. The molecule has 1 aromatic carbocycles. The lowest BCUT2D eigenvalue weighted by Gasteiger charge is -2.24. The smallest absolute Gasteiger partial charge is 0.326 e. The van der Waals surface area contributed by atoms with Crippen LogP contribution in [0.2, 0.25) is 0 Å². The Hall–Kier alpha value is -1.92. The van der Waals surface area contributed by atoms with Gasteiger partial charge in [0.15, 0.2) is 0 Å². The van der Waals surface area contributed by atoms with E-state index in [1.54, 1.807) is 12.1 Å². The first-order valence-corrected chi connectivity index (χ1v) is 6.43. The first-order chi connectivity index (χ1) is 9.40. The summed E-state index contributed by atoms with van der Waals surface area (Å²) >= 11 is 0. The van der Waals surface area contributed by atoms with Gasteiger partial charge in [-0.3, -0.25) is 4.79 Å². The fourth-order valence-corrected chi connectivity index (χ4v) is 2.39. The van der Waals surface area contributed by atoms with Crippen molar-refractivity contribution < 1.29 is 19.8 Å². The summed E-state index contributed by atoms with van der Waals surface area (Å²) in [7, 11) is 0. The van der Waals surface area contributed by atoms with E-state index in [-0.39, 0.29) is 13.0 Å². The van der Waals surface area contributed by atoms with Gasteiger partial charge < -0.3 is 20.8 Å². The zero-order valence-corrected chi connectivity index (χ0v) is 11.2. The van der Waals surface area contributed by atoms with Crippen molar-refractivity contribution in [3.63, 3.8) is 0 Å². The minimum atomic E-state index is -1.12. The Morgan fingerprint density at radius 1 is 1.35 bits per heavy atom. The summed E-state index contributed by atoms with van der Waals surface area (Å²) in [4.78, 5) is 24.6. The highest BCUT2D eigenvalue weighted by molar-refractivity contribution is 5.88. The quantitative estimate of drug-likeness (QED) is 0.724. The van der Waals surface area contributed by atoms with Crippen LogP contribution in [-0.4, -0.2) is 45.7 Å². The Balaban J connectivity index is 2.17. The van der Waals surface area contributed by atoms with Crippen molar-refractivity contribution in [3.8, 4) is 0 Å². The summed E-state index contributed by atoms with van der Waals surface area (Å²) in [5.41, 5.74) is 7.59. The van der Waals surface area contributed by atoms with Crippen LogP contribution >= 0.6 is 0 Å². The van der Waals surface area contributed by atoms with Gasteiger partial charge in [-0.1, -0.05) is 29.8 Å². The maximum absolute atomic E-state index is 12.3. The number of nitrogens with zero attached hydrogens (tertiary/aromatic N) is 1. The molecule has 1 saturated heterocycles. The van der Waals surface area contributed by atoms with Crippen LogP contribution in [0, 0.1) is 6.92 Å². The lowest BCUT2D eigenvalue weighted by Crippen LogP contribution is -2.45. The average molecular weight is 278 g/mol. The molecule has 0 bridgehead atoms. The van der Waals surface area contributed by atoms with Gasteiger partial charge in [-0.05, 0) is 12.5 Å². The van der Waals surface area contributed by atoms with Crippen LogP contribution in [-0.2, 0) is 9.59 Å². The Labute approximate surface area is 116 Å². The number of rotatable bonds is 3. The van der Waals surface area contributed by atoms with Crippen molar-refractivity contribution in [1.29, 1.82) is 0 Å². The van der Waals surface area contributed by atoms with E-state index in [1.807, 2.05) is 19.1 Å². The molecule has 0 aliphatic carbocycles. The molecule has 6 heteroatoms. The van der Waals surface area contributed by atoms with Gasteiger partial charge >= 0.3 is 5.97 Å². The van der Waals surface area contributed by atoms with Crippen molar-refractivity contribution in [3.05, 3.63) is 35.4 Å². The van der Waals surface area contributed by atoms with Gasteiger partial charge in [-0.15, -0.1) is 0 Å². The zero-order chi connectivity index (χ0) is 14.9. The number of nitrogens with two attached hydrogens (primary N) is 1. The molecule has 1 aliphatic rings. The second-order valence-electron chi connectivity index (χ2n) is 5.12. The van der Waals surface area contributed by atoms with Crippen molar-refractivity contribution in [2.45, 2.75) is 31.5 Å². The van der Waals surface area contributed by atoms with Crippen molar-refractivity contribution >= 4 is 11.9 Å². The van der Waals surface area contributed by atoms with E-state index in [0.717, 1.165) is 10.5 Å². The molecule has 1 aliphatic heterocycles. The van der Waals surface area contributed by atoms with Crippen LogP contribution in [0.4, 0.5) is 0 Å². The number of aliphatic hydroxyl groups is 1. The molecule has 0 saturated carbocycles. The lowest BCUT2D eigenvalue weighted by atomic mass is 10.0. The summed E-state index contributed by atoms with van der Waals surface area (Å²) in [5.74, 6) is -1.59. The van der Waals surface area contributed by atoms with E-state index >= 15 is 0 Å². The molecular weight excluding hydrogens is 260 g/mol. The van der Waals surface area contributed by atoms with Crippen LogP contribution in [0.15, 0.2) is 24.3 Å². The average Bonchev–Trinajstić information content (AvgIpc) is 2.80. The Bertz CT molecular complexity index is 514. The first-order valence-electron chi connectivity index (χ1n) is 6.43. The van der Waals surface area contributed by atoms with Gasteiger partial charge in [-0.25, -0.2) is 4.79 Å². The number of β-amino-alcohol motifs (C(OH)–C–C–N with tert-alkyl or cyclic N) is 1. The number of aliphatic carboxylic acids is 1. The molecule has 1 amide bonds. The Morgan fingerprint density at radius 2 is 1.95 bits per heavy atom. The maximum atomic E-state index is 12.3. The van der Waals surface area contributed by atoms with E-state index in [0.29, 0.717) is 5.56 Å². The number of carbonyl (C=O) groups is 2. The highest BCUT2D eigenvalue weighted by Gasteiger charge is 2.40. The molecule has 1 aromatic rings. The second kappa shape index (κ2) is 5.60. The van der Waals surface area contributed by atoms with Crippen LogP contribution in [0.1, 0.15) is 23.6 Å². The third kappa shape index (κ3) is 2.81. The SMILES string of the molecule is Cc1ccc(C(N)C(=O)N2C[C@@H](O)C[C@H]2C(=O)O)cc1. The Morgan fingerprint density at radius 3 is 2.50 bits per heavy atom. The standard InChI is InChI=1S/C14H18N2O4/c1-8-2-4-9(5-3-8)12(15)13(18)16-7-10(17)6-11(16)14(19)20/h2-5,10-12,17H,6-7,15H2,1H3,(H,19,20)/t10-,11-,12?/m0/s1. The van der Waals surface area contributed by atoms with Crippen LogP contribution in [0.25, 0.3) is 0 Å². The molecule has 108 valence electrons. The van der Waals surface area contributed by atoms with Gasteiger partial charge in [0.1, 0.15) is 12.1 Å². The number of carboxylic acid groups (broad SMARTS) is 1. The lowest BCUT2D eigenvalue weighted by molar-refractivity contribution is -0.148. The number of hydrogen-bond acceptors (Lipinski definition) is 4. The molecular formula is C14H18N2O4. The number of likely N-dealkylation sites (tertiary alicyclic amines) is 1. The molecule has 20 heavy (non-hydrogen) atoms. The largest absolute Gasteiger partial charge is 0.480 e. The van der Waals surface area contributed by atoms with Crippen LogP contribution < -0.4 is 5.73 Å². The topological polar surface area (TPSA) is 104 Å². The van der Waals surface area contributed by atoms with E-state index in [1.165, 1.54) is 0 Å². The van der Waals surface area contributed by atoms with Gasteiger partial charge in [0, 0.05) is 13.0 Å². The minimum Gasteiger partial charge on any atom is -0.480 e. The zero-order valence-electron chi connectivity index (χ0n) is 11.2. The van der Waals surface area contributed by atoms with Crippen molar-refractivity contribution in [2.75, 3.05) is 6.54 Å². The molecule has 1 unspecified atom stereocenters. The summed E-state index contributed by atoms with van der Waals surface area (Å²) in [6, 6.07) is 5.27. The van der Waals surface area contributed by atoms with E-state index in [4.69, 9.17) is 10.8 Å². The van der Waals surface area contributed by atoms with Gasteiger partial charge in [-0.2, -0.15) is 0 Å². The summed E-state index contributed by atoms with van der Waals surface area (Å²) in [5, 5.41) is 18.7. The van der Waals surface area contributed by atoms with Crippen molar-refractivity contribution in [1.82, 2.24) is 4.90 Å². The highest BCUT2D eigenvalue weighted by atomic mass is 16.4. The van der Waals surface area contributed by atoms with Crippen LogP contribution in [0.5, 0.6) is 0 Å². The van der Waals surface area contributed by atoms with Gasteiger partial charge in [0.05, 0.1) is 6.10 Å². The number of carboxylic acids is 1. The summed E-state index contributed by atoms with van der Waals surface area (Å²) in [6.07, 6.45) is -0.771. The predicted molar refractivity (Wildman–Crippen MR) is 71.9 cm³/mol.